The second-order valence-electron chi connectivity index (χ2n) is 3.04. The van der Waals surface area contributed by atoms with Gasteiger partial charge in [-0.3, -0.25) is 0 Å². The van der Waals surface area contributed by atoms with Crippen LogP contribution >= 0.6 is 0 Å². The lowest BCUT2D eigenvalue weighted by atomic mass is 10.3. The van der Waals surface area contributed by atoms with E-state index in [-0.39, 0.29) is 0 Å². The minimum Gasteiger partial charge on any atom is -0.338 e. The molecule has 0 bridgehead atoms. The maximum absolute atomic E-state index is 4.45. The van der Waals surface area contributed by atoms with Gasteiger partial charge in [-0.05, 0) is 24.1 Å². The smallest absolute Gasteiger partial charge is 0.134 e. The van der Waals surface area contributed by atoms with Crippen molar-refractivity contribution in [2.75, 3.05) is 0 Å². The van der Waals surface area contributed by atoms with Crippen LogP contribution in [0.3, 0.4) is 0 Å². The van der Waals surface area contributed by atoms with Crippen LogP contribution in [0.5, 0.6) is 0 Å². The van der Waals surface area contributed by atoms with Crippen molar-refractivity contribution in [1.29, 1.82) is 0 Å². The third-order valence-corrected chi connectivity index (χ3v) is 2.10. The van der Waals surface area contributed by atoms with Crippen LogP contribution in [0.2, 0.25) is 0 Å². The zero-order valence-electron chi connectivity index (χ0n) is 6.54. The van der Waals surface area contributed by atoms with Gasteiger partial charge in [-0.25, -0.2) is 4.98 Å². The fourth-order valence-corrected chi connectivity index (χ4v) is 1.35. The summed E-state index contributed by atoms with van der Waals surface area (Å²) >= 11 is 0. The van der Waals surface area contributed by atoms with Crippen molar-refractivity contribution in [3.05, 3.63) is 36.2 Å². The number of fused-ring (bicyclic) bond motifs is 1. The summed E-state index contributed by atoms with van der Waals surface area (Å²) in [4.78, 5) is 7.73. The molecule has 2 heteroatoms. The van der Waals surface area contributed by atoms with Gasteiger partial charge < -0.3 is 4.98 Å². The van der Waals surface area contributed by atoms with Gasteiger partial charge in [0.25, 0.3) is 0 Å². The molecule has 0 atom stereocenters. The molecule has 3 rings (SSSR count). The Morgan fingerprint density at radius 2 is 2.08 bits per heavy atom. The van der Waals surface area contributed by atoms with Crippen LogP contribution in [0.1, 0.15) is 12.2 Å². The van der Waals surface area contributed by atoms with Crippen molar-refractivity contribution >= 4 is 16.6 Å². The van der Waals surface area contributed by atoms with Gasteiger partial charge in [-0.1, -0.05) is 18.2 Å². The Hall–Kier alpha value is -1.57. The predicted molar refractivity (Wildman–Crippen MR) is 48.7 cm³/mol. The van der Waals surface area contributed by atoms with Gasteiger partial charge in [0, 0.05) is 0 Å². The first-order valence-corrected chi connectivity index (χ1v) is 4.08. The second-order valence-corrected chi connectivity index (χ2v) is 3.04. The number of allylic oxidation sites excluding steroid dienone is 2. The average Bonchev–Trinajstić information content (AvgIpc) is 2.85. The number of nitrogens with zero attached hydrogens (tertiary/aromatic N) is 1. The predicted octanol–water partition coefficient (Wildman–Crippen LogP) is 2.35. The summed E-state index contributed by atoms with van der Waals surface area (Å²) in [5, 5.41) is 0. The average molecular weight is 156 g/mol. The molecule has 1 aliphatic rings. The molecule has 0 fully saturated rings. The molecule has 0 aliphatic heterocycles. The van der Waals surface area contributed by atoms with E-state index in [1.54, 1.807) is 0 Å². The Morgan fingerprint density at radius 3 is 2.83 bits per heavy atom. The van der Waals surface area contributed by atoms with Gasteiger partial charge in [0.05, 0.1) is 11.0 Å². The van der Waals surface area contributed by atoms with Crippen LogP contribution in [0.25, 0.3) is 16.6 Å². The van der Waals surface area contributed by atoms with Gasteiger partial charge >= 0.3 is 0 Å². The molecule has 1 N–H and O–H groups in total. The molecule has 2 aromatic rings. The van der Waals surface area contributed by atoms with Crippen molar-refractivity contribution in [3.8, 4) is 0 Å². The Kier molecular flexibility index (Phi) is 0.987. The number of aromatic nitrogens is 2. The van der Waals surface area contributed by atoms with Gasteiger partial charge in [0.15, 0.2) is 0 Å². The summed E-state index contributed by atoms with van der Waals surface area (Å²) in [6, 6.07) is 8.10. The first kappa shape index (κ1) is 6.00. The molecule has 1 aliphatic carbocycles. The Morgan fingerprint density at radius 1 is 1.25 bits per heavy atom. The molecule has 0 saturated carbocycles. The van der Waals surface area contributed by atoms with Crippen LogP contribution in [-0.4, -0.2) is 9.97 Å². The van der Waals surface area contributed by atoms with Crippen LogP contribution in [0, 0.1) is 0 Å². The van der Waals surface area contributed by atoms with E-state index < -0.39 is 0 Å². The number of para-hydroxylation sites is 2. The zero-order chi connectivity index (χ0) is 7.97. The fraction of sp³-hybridized carbons (Fsp3) is 0.100. The highest BCUT2D eigenvalue weighted by Gasteiger charge is 2.13. The monoisotopic (exact) mass is 156 g/mol. The minimum absolute atomic E-state index is 1.04. The highest BCUT2D eigenvalue weighted by molar-refractivity contribution is 5.82. The molecule has 58 valence electrons. The van der Waals surface area contributed by atoms with Crippen LogP contribution in [0.4, 0.5) is 0 Å². The highest BCUT2D eigenvalue weighted by atomic mass is 14.9. The number of benzene rings is 1. The van der Waals surface area contributed by atoms with E-state index in [0.29, 0.717) is 0 Å². The van der Waals surface area contributed by atoms with E-state index >= 15 is 0 Å². The van der Waals surface area contributed by atoms with E-state index in [4.69, 9.17) is 0 Å². The number of rotatable bonds is 1. The SMILES string of the molecule is C1=C(c2nc3ccccc3[nH]2)C1. The topological polar surface area (TPSA) is 28.7 Å². The van der Waals surface area contributed by atoms with Crippen LogP contribution < -0.4 is 0 Å². The van der Waals surface area contributed by atoms with E-state index in [1.165, 1.54) is 5.57 Å². The number of hydrogen-bond acceptors (Lipinski definition) is 1. The van der Waals surface area contributed by atoms with E-state index in [1.807, 2.05) is 18.2 Å². The molecule has 2 nitrogen and oxygen atoms in total. The molecular weight excluding hydrogens is 148 g/mol. The third kappa shape index (κ3) is 0.780. The first-order chi connectivity index (χ1) is 5.93. The molecule has 1 aromatic heterocycles. The number of aromatic amines is 1. The van der Waals surface area contributed by atoms with Crippen molar-refractivity contribution < 1.29 is 0 Å². The van der Waals surface area contributed by atoms with Crippen LogP contribution in [-0.2, 0) is 0 Å². The molecule has 1 heterocycles. The van der Waals surface area contributed by atoms with Crippen molar-refractivity contribution in [2.45, 2.75) is 6.42 Å². The van der Waals surface area contributed by atoms with Gasteiger partial charge in [-0.2, -0.15) is 0 Å². The number of nitrogens with one attached hydrogen (secondary N) is 1. The van der Waals surface area contributed by atoms with Crippen LogP contribution in [0.15, 0.2) is 30.3 Å². The Bertz CT molecular complexity index is 432. The summed E-state index contributed by atoms with van der Waals surface area (Å²) in [6.07, 6.45) is 3.28. The summed E-state index contributed by atoms with van der Waals surface area (Å²) < 4.78 is 0. The fourth-order valence-electron chi connectivity index (χ4n) is 1.35. The normalized spacial score (nSPS) is 14.8. The number of imidazole rings is 1. The molecule has 0 spiro atoms. The second kappa shape index (κ2) is 1.97. The lowest BCUT2D eigenvalue weighted by Gasteiger charge is -1.81. The molecular formula is C10H8N2. The van der Waals surface area contributed by atoms with Crippen molar-refractivity contribution in [1.82, 2.24) is 9.97 Å². The van der Waals surface area contributed by atoms with E-state index in [2.05, 4.69) is 22.1 Å². The third-order valence-electron chi connectivity index (χ3n) is 2.10. The van der Waals surface area contributed by atoms with E-state index in [0.717, 1.165) is 23.3 Å². The Labute approximate surface area is 69.9 Å². The first-order valence-electron chi connectivity index (χ1n) is 4.08. The van der Waals surface area contributed by atoms with E-state index in [9.17, 15) is 0 Å². The molecule has 0 saturated heterocycles. The molecule has 0 unspecified atom stereocenters. The lowest BCUT2D eigenvalue weighted by molar-refractivity contribution is 1.27. The molecule has 1 aromatic carbocycles. The zero-order valence-corrected chi connectivity index (χ0v) is 6.54. The molecule has 0 amide bonds. The van der Waals surface area contributed by atoms with Gasteiger partial charge in [0.1, 0.15) is 5.82 Å². The molecule has 12 heavy (non-hydrogen) atoms. The summed E-state index contributed by atoms with van der Waals surface area (Å²) in [7, 11) is 0. The maximum Gasteiger partial charge on any atom is 0.134 e. The summed E-state index contributed by atoms with van der Waals surface area (Å²) in [5.41, 5.74) is 3.52. The number of H-pyrrole nitrogens is 1. The summed E-state index contributed by atoms with van der Waals surface area (Å²) in [5.74, 6) is 1.04. The standard InChI is InChI=1S/C10H8N2/c1-2-4-9-8(3-1)11-10(12-9)7-5-6-7/h1-5H,6H2,(H,11,12). The van der Waals surface area contributed by atoms with Gasteiger partial charge in [0.2, 0.25) is 0 Å². The number of hydrogen-bond donors (Lipinski definition) is 1. The minimum atomic E-state index is 1.04. The quantitative estimate of drug-likeness (QED) is 0.674. The molecule has 0 radical (unpaired) electrons. The largest absolute Gasteiger partial charge is 0.338 e. The Balaban J connectivity index is 2.29. The van der Waals surface area contributed by atoms with Gasteiger partial charge in [-0.15, -0.1) is 0 Å². The maximum atomic E-state index is 4.45. The summed E-state index contributed by atoms with van der Waals surface area (Å²) in [6.45, 7) is 0. The lowest BCUT2D eigenvalue weighted by Crippen LogP contribution is -1.73. The highest BCUT2D eigenvalue weighted by Crippen LogP contribution is 2.29. The van der Waals surface area contributed by atoms with Crippen molar-refractivity contribution in [3.63, 3.8) is 0 Å². The van der Waals surface area contributed by atoms with Crippen molar-refractivity contribution in [2.24, 2.45) is 0 Å².